The maximum absolute atomic E-state index is 14.0. The van der Waals surface area contributed by atoms with Gasteiger partial charge in [0.25, 0.3) is 5.91 Å². The SMILES string of the molecule is CC(=O)c1sc(N2C(=O)c3oc4ccc(F)cc4c(=O)c3C2c2ccc(C(C)(C)C)cc2)nc1C. The van der Waals surface area contributed by atoms with Gasteiger partial charge < -0.3 is 4.42 Å². The maximum atomic E-state index is 14.0. The highest BCUT2D eigenvalue weighted by Gasteiger charge is 2.45. The summed E-state index contributed by atoms with van der Waals surface area (Å²) in [6, 6.07) is 10.5. The van der Waals surface area contributed by atoms with E-state index in [9.17, 15) is 18.8 Å². The number of hydrogen-bond donors (Lipinski definition) is 0. The van der Waals surface area contributed by atoms with Gasteiger partial charge in [0.2, 0.25) is 5.76 Å². The van der Waals surface area contributed by atoms with Crippen molar-refractivity contribution in [2.24, 2.45) is 0 Å². The van der Waals surface area contributed by atoms with E-state index < -0.39 is 23.2 Å². The summed E-state index contributed by atoms with van der Waals surface area (Å²) in [5.74, 6) is -1.36. The molecule has 3 heterocycles. The molecule has 0 saturated heterocycles. The lowest BCUT2D eigenvalue weighted by molar-refractivity contribution is 0.0969. The van der Waals surface area contributed by atoms with Gasteiger partial charge in [-0.1, -0.05) is 56.4 Å². The topological polar surface area (TPSA) is 80.5 Å². The summed E-state index contributed by atoms with van der Waals surface area (Å²) >= 11 is 1.10. The highest BCUT2D eigenvalue weighted by atomic mass is 32.1. The molecule has 5 rings (SSSR count). The van der Waals surface area contributed by atoms with E-state index in [0.717, 1.165) is 23.0 Å². The first-order chi connectivity index (χ1) is 16.5. The van der Waals surface area contributed by atoms with Gasteiger partial charge >= 0.3 is 0 Å². The number of carbonyl (C=O) groups excluding carboxylic acids is 2. The number of ketones is 1. The Balaban J connectivity index is 1.77. The lowest BCUT2D eigenvalue weighted by atomic mass is 9.86. The zero-order valence-corrected chi connectivity index (χ0v) is 20.7. The molecular weight excluding hydrogens is 467 g/mol. The monoisotopic (exact) mass is 490 g/mol. The minimum atomic E-state index is -0.833. The van der Waals surface area contributed by atoms with Crippen LogP contribution >= 0.6 is 11.3 Å². The minimum absolute atomic E-state index is 0.0643. The second-order valence-electron chi connectivity index (χ2n) is 9.73. The van der Waals surface area contributed by atoms with Crippen molar-refractivity contribution >= 4 is 39.1 Å². The first-order valence-electron chi connectivity index (χ1n) is 11.2. The summed E-state index contributed by atoms with van der Waals surface area (Å²) in [5, 5.41) is 0.359. The van der Waals surface area contributed by atoms with Crippen molar-refractivity contribution in [1.82, 2.24) is 4.98 Å². The maximum Gasteiger partial charge on any atom is 0.297 e. The fourth-order valence-electron chi connectivity index (χ4n) is 4.44. The van der Waals surface area contributed by atoms with Gasteiger partial charge in [0.15, 0.2) is 16.3 Å². The molecule has 1 amide bonds. The third-order valence-electron chi connectivity index (χ3n) is 6.24. The molecule has 0 fully saturated rings. The van der Waals surface area contributed by atoms with Gasteiger partial charge in [0.1, 0.15) is 11.4 Å². The molecule has 1 atom stereocenters. The van der Waals surface area contributed by atoms with Gasteiger partial charge in [-0.25, -0.2) is 9.37 Å². The largest absolute Gasteiger partial charge is 0.450 e. The molecule has 35 heavy (non-hydrogen) atoms. The van der Waals surface area contributed by atoms with Crippen LogP contribution in [-0.4, -0.2) is 16.7 Å². The molecular formula is C27H23FN2O4S. The Labute approximate surface area is 205 Å². The van der Waals surface area contributed by atoms with Crippen LogP contribution in [0.5, 0.6) is 0 Å². The first kappa shape index (κ1) is 23.1. The van der Waals surface area contributed by atoms with Crippen LogP contribution in [0.15, 0.2) is 51.7 Å². The van der Waals surface area contributed by atoms with Crippen LogP contribution < -0.4 is 10.3 Å². The zero-order valence-electron chi connectivity index (χ0n) is 19.9. The van der Waals surface area contributed by atoms with Gasteiger partial charge in [0.05, 0.1) is 27.6 Å². The average molecular weight is 491 g/mol. The van der Waals surface area contributed by atoms with Crippen molar-refractivity contribution in [1.29, 1.82) is 0 Å². The van der Waals surface area contributed by atoms with Crippen molar-refractivity contribution in [3.05, 3.63) is 91.5 Å². The molecule has 0 N–H and O–H groups in total. The Kier molecular flexibility index (Phi) is 5.25. The van der Waals surface area contributed by atoms with Gasteiger partial charge in [-0.3, -0.25) is 19.3 Å². The number of nitrogens with zero attached hydrogens (tertiary/aromatic N) is 2. The van der Waals surface area contributed by atoms with Gasteiger partial charge in [-0.05, 0) is 41.7 Å². The predicted molar refractivity (Wildman–Crippen MR) is 133 cm³/mol. The van der Waals surface area contributed by atoms with Crippen molar-refractivity contribution in [3.8, 4) is 0 Å². The van der Waals surface area contributed by atoms with Crippen LogP contribution in [0.25, 0.3) is 11.0 Å². The van der Waals surface area contributed by atoms with Gasteiger partial charge in [0, 0.05) is 6.92 Å². The summed E-state index contributed by atoms with van der Waals surface area (Å²) in [7, 11) is 0. The van der Waals surface area contributed by atoms with Crippen LogP contribution in [0, 0.1) is 12.7 Å². The molecule has 0 saturated carbocycles. The first-order valence-corrected chi connectivity index (χ1v) is 12.0. The van der Waals surface area contributed by atoms with E-state index in [0.29, 0.717) is 21.3 Å². The third kappa shape index (κ3) is 3.69. The second kappa shape index (κ2) is 7.95. The molecule has 178 valence electrons. The predicted octanol–water partition coefficient (Wildman–Crippen LogP) is 5.95. The number of aromatic nitrogens is 1. The third-order valence-corrected chi connectivity index (χ3v) is 7.49. The van der Waals surface area contributed by atoms with Crippen molar-refractivity contribution in [2.75, 3.05) is 4.90 Å². The zero-order chi connectivity index (χ0) is 25.2. The highest BCUT2D eigenvalue weighted by molar-refractivity contribution is 7.17. The minimum Gasteiger partial charge on any atom is -0.450 e. The van der Waals surface area contributed by atoms with Crippen molar-refractivity contribution in [3.63, 3.8) is 0 Å². The van der Waals surface area contributed by atoms with Crippen LogP contribution in [0.2, 0.25) is 0 Å². The molecule has 2 aromatic heterocycles. The van der Waals surface area contributed by atoms with Crippen LogP contribution in [-0.2, 0) is 5.41 Å². The molecule has 0 bridgehead atoms. The quantitative estimate of drug-likeness (QED) is 0.332. The molecule has 0 radical (unpaired) electrons. The van der Waals surface area contributed by atoms with Crippen LogP contribution in [0.1, 0.15) is 76.3 Å². The number of fused-ring (bicyclic) bond motifs is 2. The Morgan fingerprint density at radius 1 is 1.11 bits per heavy atom. The number of halogens is 1. The van der Waals surface area contributed by atoms with E-state index in [4.69, 9.17) is 4.42 Å². The molecule has 6 nitrogen and oxygen atoms in total. The molecule has 2 aromatic carbocycles. The summed E-state index contributed by atoms with van der Waals surface area (Å²) in [6.07, 6.45) is 0. The Morgan fingerprint density at radius 3 is 2.40 bits per heavy atom. The Hall–Kier alpha value is -3.65. The Morgan fingerprint density at radius 2 is 1.80 bits per heavy atom. The second-order valence-corrected chi connectivity index (χ2v) is 10.7. The number of aryl methyl sites for hydroxylation is 1. The van der Waals surface area contributed by atoms with E-state index in [1.54, 1.807) is 6.92 Å². The van der Waals surface area contributed by atoms with E-state index in [1.807, 2.05) is 24.3 Å². The normalized spacial score (nSPS) is 15.7. The number of anilines is 1. The van der Waals surface area contributed by atoms with E-state index in [2.05, 4.69) is 25.8 Å². The standard InChI is InChI=1S/C27H23FN2O4S/c1-13-24(14(2)31)35-26(29-13)30-21(15-6-8-16(9-7-15)27(3,4)5)20-22(32)18-12-17(28)10-11-19(18)34-23(20)25(30)33/h6-12,21H,1-5H3. The fourth-order valence-corrected chi connectivity index (χ4v) is 5.42. The summed E-state index contributed by atoms with van der Waals surface area (Å²) in [6.45, 7) is 9.44. The lowest BCUT2D eigenvalue weighted by Crippen LogP contribution is -2.29. The van der Waals surface area contributed by atoms with Crippen molar-refractivity contribution < 1.29 is 18.4 Å². The molecule has 4 aromatic rings. The smallest absolute Gasteiger partial charge is 0.297 e. The highest BCUT2D eigenvalue weighted by Crippen LogP contribution is 2.43. The van der Waals surface area contributed by atoms with Gasteiger partial charge in [-0.15, -0.1) is 0 Å². The number of carbonyl (C=O) groups is 2. The van der Waals surface area contributed by atoms with Crippen LogP contribution in [0.4, 0.5) is 9.52 Å². The summed E-state index contributed by atoms with van der Waals surface area (Å²) in [4.78, 5) is 45.7. The Bertz CT molecular complexity index is 1580. The van der Waals surface area contributed by atoms with Crippen molar-refractivity contribution in [2.45, 2.75) is 46.1 Å². The molecule has 1 aliphatic heterocycles. The molecule has 1 unspecified atom stereocenters. The fraction of sp³-hybridized carbons (Fsp3) is 0.259. The number of thiazole rings is 1. The molecule has 0 aliphatic carbocycles. The number of benzene rings is 2. The number of Topliss-reactive ketones (excluding diaryl/α,β-unsaturated/α-hetero) is 1. The average Bonchev–Trinajstić information content (AvgIpc) is 3.31. The number of amides is 1. The lowest BCUT2D eigenvalue weighted by Gasteiger charge is -2.24. The number of hydrogen-bond acceptors (Lipinski definition) is 6. The summed E-state index contributed by atoms with van der Waals surface area (Å²) < 4.78 is 19.9. The summed E-state index contributed by atoms with van der Waals surface area (Å²) in [5.41, 5.74) is 1.99. The number of rotatable bonds is 3. The van der Waals surface area contributed by atoms with E-state index in [-0.39, 0.29) is 33.5 Å². The molecule has 1 aliphatic rings. The van der Waals surface area contributed by atoms with E-state index >= 15 is 0 Å². The van der Waals surface area contributed by atoms with Crippen LogP contribution in [0.3, 0.4) is 0 Å². The van der Waals surface area contributed by atoms with Gasteiger partial charge in [-0.2, -0.15) is 0 Å². The molecule has 0 spiro atoms. The molecule has 8 heteroatoms. The van der Waals surface area contributed by atoms with E-state index in [1.165, 1.54) is 24.0 Å².